The molecular weight excluding hydrogens is 293 g/mol. The van der Waals surface area contributed by atoms with Crippen molar-refractivity contribution in [1.82, 2.24) is 4.90 Å². The molecule has 1 rings (SSSR count). The first-order valence-corrected chi connectivity index (χ1v) is 7.22. The molecule has 3 nitrogen and oxygen atoms in total. The summed E-state index contributed by atoms with van der Waals surface area (Å²) in [6.45, 7) is 5.41. The summed E-state index contributed by atoms with van der Waals surface area (Å²) in [5.41, 5.74) is -0.0337. The van der Waals surface area contributed by atoms with E-state index in [4.69, 9.17) is 5.26 Å². The van der Waals surface area contributed by atoms with Gasteiger partial charge >= 0.3 is 6.18 Å². The summed E-state index contributed by atoms with van der Waals surface area (Å²) in [7, 11) is 0. The highest BCUT2D eigenvalue weighted by Gasteiger charge is 2.30. The van der Waals surface area contributed by atoms with Crippen molar-refractivity contribution in [2.75, 3.05) is 19.6 Å². The monoisotopic (exact) mass is 314 g/mol. The zero-order valence-corrected chi connectivity index (χ0v) is 12.8. The molecule has 0 aromatic heterocycles. The van der Waals surface area contributed by atoms with Gasteiger partial charge in [0.25, 0.3) is 0 Å². The van der Waals surface area contributed by atoms with Crippen molar-refractivity contribution in [3.05, 3.63) is 35.4 Å². The topological polar surface area (TPSA) is 47.3 Å². The molecule has 0 aliphatic rings. The Morgan fingerprint density at radius 1 is 1.23 bits per heavy atom. The van der Waals surface area contributed by atoms with Crippen LogP contribution in [0.2, 0.25) is 0 Å². The van der Waals surface area contributed by atoms with Gasteiger partial charge in [0, 0.05) is 13.1 Å². The van der Waals surface area contributed by atoms with Gasteiger partial charge in [0.1, 0.15) is 0 Å². The lowest BCUT2D eigenvalue weighted by atomic mass is 10.0. The minimum atomic E-state index is -4.34. The van der Waals surface area contributed by atoms with Gasteiger partial charge in [0.15, 0.2) is 0 Å². The van der Waals surface area contributed by atoms with Gasteiger partial charge < -0.3 is 5.11 Å². The minimum absolute atomic E-state index is 0.127. The van der Waals surface area contributed by atoms with Crippen molar-refractivity contribution in [3.63, 3.8) is 0 Å². The van der Waals surface area contributed by atoms with Crippen molar-refractivity contribution in [2.24, 2.45) is 5.92 Å². The molecule has 122 valence electrons. The predicted molar refractivity (Wildman–Crippen MR) is 78.0 cm³/mol. The van der Waals surface area contributed by atoms with Crippen LogP contribution in [0.15, 0.2) is 24.3 Å². The minimum Gasteiger partial charge on any atom is -0.391 e. The van der Waals surface area contributed by atoms with E-state index in [0.29, 0.717) is 25.2 Å². The Kier molecular flexibility index (Phi) is 6.85. The fourth-order valence-electron chi connectivity index (χ4n) is 2.23. The van der Waals surface area contributed by atoms with E-state index in [0.717, 1.165) is 12.1 Å². The Labute approximate surface area is 129 Å². The van der Waals surface area contributed by atoms with Crippen LogP contribution < -0.4 is 0 Å². The molecule has 22 heavy (non-hydrogen) atoms. The normalized spacial score (nSPS) is 14.6. The van der Waals surface area contributed by atoms with Crippen LogP contribution in [0.1, 0.15) is 25.0 Å². The second-order valence-electron chi connectivity index (χ2n) is 5.43. The van der Waals surface area contributed by atoms with Crippen LogP contribution in [0.4, 0.5) is 13.2 Å². The third-order valence-corrected chi connectivity index (χ3v) is 3.42. The van der Waals surface area contributed by atoms with Gasteiger partial charge in [-0.25, -0.2) is 0 Å². The summed E-state index contributed by atoms with van der Waals surface area (Å²) in [6, 6.07) is 6.97. The Morgan fingerprint density at radius 2 is 1.82 bits per heavy atom. The quantitative estimate of drug-likeness (QED) is 0.841. The number of likely N-dealkylation sites (N-methyl/N-ethyl adjacent to an activating group) is 1. The zero-order valence-electron chi connectivity index (χ0n) is 12.8. The van der Waals surface area contributed by atoms with Crippen molar-refractivity contribution in [1.29, 1.82) is 5.26 Å². The average Bonchev–Trinajstić information content (AvgIpc) is 2.45. The van der Waals surface area contributed by atoms with E-state index in [-0.39, 0.29) is 12.3 Å². The van der Waals surface area contributed by atoms with Crippen LogP contribution in [-0.4, -0.2) is 35.7 Å². The lowest BCUT2D eigenvalue weighted by Crippen LogP contribution is -2.36. The van der Waals surface area contributed by atoms with E-state index in [1.807, 2.05) is 18.7 Å². The van der Waals surface area contributed by atoms with Gasteiger partial charge in [0.2, 0.25) is 0 Å². The lowest BCUT2D eigenvalue weighted by Gasteiger charge is -2.24. The first kappa shape index (κ1) is 18.5. The van der Waals surface area contributed by atoms with Crippen LogP contribution in [0.5, 0.6) is 0 Å². The summed E-state index contributed by atoms with van der Waals surface area (Å²) in [5, 5.41) is 18.9. The zero-order chi connectivity index (χ0) is 16.8. The molecule has 6 heteroatoms. The number of nitrogens with zero attached hydrogens (tertiary/aromatic N) is 2. The van der Waals surface area contributed by atoms with E-state index in [1.54, 1.807) is 0 Å². The SMILES string of the molecule is CCN(CC(C)C#N)CC(O)Cc1ccc(C(F)(F)F)cc1. The number of rotatable bonds is 7. The van der Waals surface area contributed by atoms with Crippen LogP contribution >= 0.6 is 0 Å². The molecular formula is C16H21F3N2O. The van der Waals surface area contributed by atoms with Gasteiger partial charge in [-0.15, -0.1) is 0 Å². The van der Waals surface area contributed by atoms with E-state index in [1.165, 1.54) is 12.1 Å². The first-order valence-electron chi connectivity index (χ1n) is 7.22. The first-order chi connectivity index (χ1) is 10.3. The number of halogens is 3. The van der Waals surface area contributed by atoms with Crippen LogP contribution in [0, 0.1) is 17.2 Å². The molecule has 0 saturated heterocycles. The molecule has 0 radical (unpaired) electrons. The standard InChI is InChI=1S/C16H21F3N2O/c1-3-21(10-12(2)9-20)11-15(22)8-13-4-6-14(7-5-13)16(17,18)19/h4-7,12,15,22H,3,8,10-11H2,1-2H3. The smallest absolute Gasteiger partial charge is 0.391 e. The highest BCUT2D eigenvalue weighted by atomic mass is 19.4. The maximum atomic E-state index is 12.5. The lowest BCUT2D eigenvalue weighted by molar-refractivity contribution is -0.137. The predicted octanol–water partition coefficient (Wildman–Crippen LogP) is 3.09. The largest absolute Gasteiger partial charge is 0.416 e. The summed E-state index contributed by atoms with van der Waals surface area (Å²) >= 11 is 0. The molecule has 1 aromatic carbocycles. The van der Waals surface area contributed by atoms with E-state index >= 15 is 0 Å². The second-order valence-corrected chi connectivity index (χ2v) is 5.43. The van der Waals surface area contributed by atoms with Crippen LogP contribution in [0.25, 0.3) is 0 Å². The van der Waals surface area contributed by atoms with E-state index in [2.05, 4.69) is 6.07 Å². The number of nitriles is 1. The van der Waals surface area contributed by atoms with Crippen LogP contribution in [-0.2, 0) is 12.6 Å². The van der Waals surface area contributed by atoms with Gasteiger partial charge in [-0.1, -0.05) is 19.1 Å². The molecule has 0 bridgehead atoms. The number of aliphatic hydroxyl groups excluding tert-OH is 1. The molecule has 0 aliphatic heterocycles. The van der Waals surface area contributed by atoms with Gasteiger partial charge in [0.05, 0.1) is 23.7 Å². The maximum absolute atomic E-state index is 12.5. The fourth-order valence-corrected chi connectivity index (χ4v) is 2.23. The van der Waals surface area contributed by atoms with Gasteiger partial charge in [-0.3, -0.25) is 4.90 Å². The molecule has 2 unspecified atom stereocenters. The molecule has 0 spiro atoms. The molecule has 0 saturated carbocycles. The molecule has 1 N–H and O–H groups in total. The molecule has 0 aliphatic carbocycles. The number of hydrogen-bond donors (Lipinski definition) is 1. The third-order valence-electron chi connectivity index (χ3n) is 3.42. The highest BCUT2D eigenvalue weighted by molar-refractivity contribution is 5.25. The van der Waals surface area contributed by atoms with E-state index < -0.39 is 17.8 Å². The Hall–Kier alpha value is -1.58. The Balaban J connectivity index is 2.57. The summed E-state index contributed by atoms with van der Waals surface area (Å²) in [6.07, 6.45) is -4.73. The highest BCUT2D eigenvalue weighted by Crippen LogP contribution is 2.29. The fraction of sp³-hybridized carbons (Fsp3) is 0.562. The van der Waals surface area contributed by atoms with Crippen molar-refractivity contribution < 1.29 is 18.3 Å². The van der Waals surface area contributed by atoms with Gasteiger partial charge in [-0.05, 0) is 37.6 Å². The molecule has 1 aromatic rings. The Bertz CT molecular complexity index is 494. The number of hydrogen-bond acceptors (Lipinski definition) is 3. The van der Waals surface area contributed by atoms with E-state index in [9.17, 15) is 18.3 Å². The van der Waals surface area contributed by atoms with Crippen molar-refractivity contribution >= 4 is 0 Å². The number of aliphatic hydroxyl groups is 1. The summed E-state index contributed by atoms with van der Waals surface area (Å²) < 4.78 is 37.4. The van der Waals surface area contributed by atoms with Crippen molar-refractivity contribution in [3.8, 4) is 6.07 Å². The third kappa shape index (κ3) is 6.04. The number of alkyl halides is 3. The second kappa shape index (κ2) is 8.16. The van der Waals surface area contributed by atoms with Crippen LogP contribution in [0.3, 0.4) is 0 Å². The molecule has 0 fully saturated rings. The maximum Gasteiger partial charge on any atom is 0.416 e. The Morgan fingerprint density at radius 3 is 2.27 bits per heavy atom. The molecule has 0 heterocycles. The summed E-state index contributed by atoms with van der Waals surface area (Å²) in [5.74, 6) is -0.127. The van der Waals surface area contributed by atoms with Gasteiger partial charge in [-0.2, -0.15) is 18.4 Å². The molecule has 2 atom stereocenters. The molecule has 0 amide bonds. The average molecular weight is 314 g/mol. The van der Waals surface area contributed by atoms with Crippen molar-refractivity contribution in [2.45, 2.75) is 32.5 Å². The summed E-state index contributed by atoms with van der Waals surface area (Å²) in [4.78, 5) is 1.96. The number of benzene rings is 1.